The molecule has 1 aromatic heterocycles. The third kappa shape index (κ3) is 5.33. The van der Waals surface area contributed by atoms with Crippen LogP contribution in [0.15, 0.2) is 83.9 Å². The molecule has 6 nitrogen and oxygen atoms in total. The van der Waals surface area contributed by atoms with Gasteiger partial charge in [-0.2, -0.15) is 0 Å². The quantitative estimate of drug-likeness (QED) is 0.325. The molecule has 0 bridgehead atoms. The van der Waals surface area contributed by atoms with Crippen LogP contribution in [-0.4, -0.2) is 39.0 Å². The van der Waals surface area contributed by atoms with E-state index in [0.717, 1.165) is 16.7 Å². The molecular weight excluding hydrogens is 467 g/mol. The minimum Gasteiger partial charge on any atom is -0.489 e. The van der Waals surface area contributed by atoms with E-state index >= 15 is 0 Å². The van der Waals surface area contributed by atoms with Gasteiger partial charge < -0.3 is 19.6 Å². The maximum atomic E-state index is 13.5. The van der Waals surface area contributed by atoms with E-state index in [-0.39, 0.29) is 18.8 Å². The number of hydrogen-bond acceptors (Lipinski definition) is 5. The Kier molecular flexibility index (Phi) is 6.46. The predicted octanol–water partition coefficient (Wildman–Crippen LogP) is 5.48. The van der Waals surface area contributed by atoms with Crippen LogP contribution < -0.4 is 9.47 Å². The third-order valence-electron chi connectivity index (χ3n) is 5.77. The molecule has 1 aliphatic heterocycles. The number of carboxylic acid groups (broad SMARTS) is 1. The number of nitrogens with zero attached hydrogens (tertiary/aromatic N) is 1. The summed E-state index contributed by atoms with van der Waals surface area (Å²) in [6.07, 6.45) is 0.183. The molecule has 4 aromatic rings. The molecule has 1 atom stereocenters. The van der Waals surface area contributed by atoms with Crippen molar-refractivity contribution in [3.63, 3.8) is 0 Å². The van der Waals surface area contributed by atoms with Crippen LogP contribution in [0.4, 0.5) is 4.39 Å². The second-order valence-corrected chi connectivity index (χ2v) is 9.42. The molecule has 178 valence electrons. The van der Waals surface area contributed by atoms with E-state index in [4.69, 9.17) is 9.47 Å². The van der Waals surface area contributed by atoms with Gasteiger partial charge >= 0.3 is 5.97 Å². The number of ether oxygens (including phenoxy) is 2. The van der Waals surface area contributed by atoms with E-state index in [2.05, 4.69) is 9.98 Å². The van der Waals surface area contributed by atoms with Crippen molar-refractivity contribution in [1.29, 1.82) is 0 Å². The Morgan fingerprint density at radius 3 is 2.43 bits per heavy atom. The molecule has 0 saturated heterocycles. The zero-order valence-electron chi connectivity index (χ0n) is 18.7. The number of aliphatic carboxylic acids is 1. The van der Waals surface area contributed by atoms with Gasteiger partial charge in [0.15, 0.2) is 5.54 Å². The second-order valence-electron chi connectivity index (χ2n) is 8.37. The van der Waals surface area contributed by atoms with Gasteiger partial charge in [0.25, 0.3) is 0 Å². The van der Waals surface area contributed by atoms with Gasteiger partial charge in [-0.25, -0.2) is 9.18 Å². The average Bonchev–Trinajstić information content (AvgIpc) is 3.46. The summed E-state index contributed by atoms with van der Waals surface area (Å²) in [5.74, 6) is 0.341. The van der Waals surface area contributed by atoms with Crippen LogP contribution in [0.3, 0.4) is 0 Å². The number of benzene rings is 3. The lowest BCUT2D eigenvalue weighted by molar-refractivity contribution is -0.142. The topological polar surface area (TPSA) is 83.9 Å². The Morgan fingerprint density at radius 1 is 1.00 bits per heavy atom. The molecular formula is C27H23FN2O4S. The van der Waals surface area contributed by atoms with Crippen LogP contribution in [0.25, 0.3) is 10.9 Å². The molecule has 1 unspecified atom stereocenters. The Labute approximate surface area is 205 Å². The number of nitrogens with one attached hydrogen (secondary N) is 1. The zero-order chi connectivity index (χ0) is 24.3. The minimum absolute atomic E-state index is 0.182. The number of carbonyl (C=O) groups is 1. The number of thioether (sulfide) groups is 1. The zero-order valence-corrected chi connectivity index (χ0v) is 19.6. The van der Waals surface area contributed by atoms with Crippen molar-refractivity contribution in [2.45, 2.75) is 18.6 Å². The normalized spacial score (nSPS) is 17.3. The first-order chi connectivity index (χ1) is 17.0. The molecule has 2 N–H and O–H groups in total. The monoisotopic (exact) mass is 490 g/mol. The van der Waals surface area contributed by atoms with Crippen LogP contribution in [0.1, 0.15) is 11.3 Å². The minimum atomic E-state index is -1.29. The number of halogens is 1. The fourth-order valence-corrected chi connectivity index (χ4v) is 5.02. The number of aliphatic imine (C=N–C) groups is 1. The molecule has 0 aliphatic carbocycles. The molecule has 0 fully saturated rings. The van der Waals surface area contributed by atoms with Crippen molar-refractivity contribution in [3.8, 4) is 11.5 Å². The second kappa shape index (κ2) is 9.84. The highest BCUT2D eigenvalue weighted by molar-refractivity contribution is 8.14. The summed E-state index contributed by atoms with van der Waals surface area (Å²) in [5.41, 5.74) is 1.13. The standard InChI is InChI=1S/C27H23FN2O4S/c28-20-7-6-19-12-21(29-24(19)13-20)14-27(26(31)32)17-35-25(30-27)16-34-23-10-8-22(9-11-23)33-15-18-4-2-1-3-5-18/h1-13,29H,14-17H2,(H,31,32). The fourth-order valence-electron chi connectivity index (χ4n) is 3.94. The van der Waals surface area contributed by atoms with Gasteiger partial charge in [0, 0.05) is 23.4 Å². The van der Waals surface area contributed by atoms with Crippen molar-refractivity contribution in [1.82, 2.24) is 4.98 Å². The van der Waals surface area contributed by atoms with Crippen molar-refractivity contribution in [2.24, 2.45) is 4.99 Å². The van der Waals surface area contributed by atoms with Crippen LogP contribution >= 0.6 is 11.8 Å². The number of fused-ring (bicyclic) bond motifs is 1. The van der Waals surface area contributed by atoms with Crippen LogP contribution in [0.2, 0.25) is 0 Å². The first kappa shape index (κ1) is 23.0. The fraction of sp³-hybridized carbons (Fsp3) is 0.185. The molecule has 5 rings (SSSR count). The van der Waals surface area contributed by atoms with Gasteiger partial charge in [0.1, 0.15) is 35.6 Å². The number of hydrogen-bond donors (Lipinski definition) is 2. The van der Waals surface area contributed by atoms with Gasteiger partial charge in [-0.15, -0.1) is 11.8 Å². The van der Waals surface area contributed by atoms with E-state index in [9.17, 15) is 14.3 Å². The lowest BCUT2D eigenvalue weighted by Gasteiger charge is -2.19. The summed E-state index contributed by atoms with van der Waals surface area (Å²) >= 11 is 1.38. The number of rotatable bonds is 9. The van der Waals surface area contributed by atoms with Crippen LogP contribution in [0.5, 0.6) is 11.5 Å². The smallest absolute Gasteiger partial charge is 0.332 e. The lowest BCUT2D eigenvalue weighted by atomic mass is 9.96. The van der Waals surface area contributed by atoms with Crippen LogP contribution in [0, 0.1) is 5.82 Å². The SMILES string of the molecule is O=C(O)C1(Cc2cc3ccc(F)cc3[nH]2)CSC(COc2ccc(OCc3ccccc3)cc2)=N1. The van der Waals surface area contributed by atoms with Gasteiger partial charge in [-0.05, 0) is 59.5 Å². The molecule has 0 spiro atoms. The number of aromatic amines is 1. The van der Waals surface area contributed by atoms with Gasteiger partial charge in [0.2, 0.25) is 0 Å². The number of aromatic nitrogens is 1. The van der Waals surface area contributed by atoms with Crippen LogP contribution in [-0.2, 0) is 17.8 Å². The first-order valence-corrected chi connectivity index (χ1v) is 12.1. The molecule has 0 saturated carbocycles. The molecule has 0 amide bonds. The largest absolute Gasteiger partial charge is 0.489 e. The summed E-state index contributed by atoms with van der Waals surface area (Å²) in [6.45, 7) is 0.666. The average molecular weight is 491 g/mol. The summed E-state index contributed by atoms with van der Waals surface area (Å²) in [5, 5.41) is 11.4. The highest BCUT2D eigenvalue weighted by Crippen LogP contribution is 2.33. The number of H-pyrrole nitrogens is 1. The maximum absolute atomic E-state index is 13.5. The lowest BCUT2D eigenvalue weighted by Crippen LogP contribution is -2.39. The van der Waals surface area contributed by atoms with E-state index in [0.29, 0.717) is 34.4 Å². The van der Waals surface area contributed by atoms with Crippen molar-refractivity contribution in [3.05, 3.63) is 95.9 Å². The maximum Gasteiger partial charge on any atom is 0.332 e. The third-order valence-corrected chi connectivity index (χ3v) is 6.94. The van der Waals surface area contributed by atoms with Gasteiger partial charge in [-0.1, -0.05) is 30.3 Å². The Morgan fingerprint density at radius 2 is 1.71 bits per heavy atom. The van der Waals surface area contributed by atoms with Crippen molar-refractivity contribution in [2.75, 3.05) is 12.4 Å². The van der Waals surface area contributed by atoms with Gasteiger partial charge in [-0.3, -0.25) is 4.99 Å². The number of carboxylic acids is 1. The summed E-state index contributed by atoms with van der Waals surface area (Å²) in [4.78, 5) is 19.8. The van der Waals surface area contributed by atoms with Gasteiger partial charge in [0.05, 0.1) is 0 Å². The van der Waals surface area contributed by atoms with E-state index < -0.39 is 11.5 Å². The van der Waals surface area contributed by atoms with E-state index in [1.54, 1.807) is 6.07 Å². The predicted molar refractivity (Wildman–Crippen MR) is 135 cm³/mol. The highest BCUT2D eigenvalue weighted by Gasteiger charge is 2.43. The van der Waals surface area contributed by atoms with E-state index in [1.807, 2.05) is 60.7 Å². The van der Waals surface area contributed by atoms with E-state index in [1.165, 1.54) is 23.9 Å². The molecule has 8 heteroatoms. The Balaban J connectivity index is 1.21. The molecule has 1 aliphatic rings. The molecule has 35 heavy (non-hydrogen) atoms. The molecule has 0 radical (unpaired) electrons. The molecule has 2 heterocycles. The first-order valence-electron chi connectivity index (χ1n) is 11.1. The Bertz CT molecular complexity index is 1370. The van der Waals surface area contributed by atoms with Crippen molar-refractivity contribution < 1.29 is 23.8 Å². The molecule has 3 aromatic carbocycles. The van der Waals surface area contributed by atoms with Crippen molar-refractivity contribution >= 4 is 33.7 Å². The Hall–Kier alpha value is -3.78. The summed E-state index contributed by atoms with van der Waals surface area (Å²) in [7, 11) is 0. The summed E-state index contributed by atoms with van der Waals surface area (Å²) < 4.78 is 25.1. The summed E-state index contributed by atoms with van der Waals surface area (Å²) in [6, 6.07) is 23.5. The highest BCUT2D eigenvalue weighted by atomic mass is 32.2.